The number of hydrogen-bond donors (Lipinski definition) is 0. The number of nitrogens with zero attached hydrogens (tertiary/aromatic N) is 4. The third-order valence-electron chi connectivity index (χ3n) is 3.88. The van der Waals surface area contributed by atoms with Crippen molar-refractivity contribution in [2.24, 2.45) is 7.05 Å². The topological polar surface area (TPSA) is 51.0 Å². The molecule has 0 spiro atoms. The molecular weight excluding hydrogens is 276 g/mol. The van der Waals surface area contributed by atoms with E-state index in [1.165, 1.54) is 0 Å². The van der Waals surface area contributed by atoms with Gasteiger partial charge in [-0.1, -0.05) is 0 Å². The van der Waals surface area contributed by atoms with Gasteiger partial charge in [0.1, 0.15) is 5.65 Å². The molecule has 5 heteroatoms. The minimum absolute atomic E-state index is 0.0128. The maximum atomic E-state index is 12.1. The van der Waals surface area contributed by atoms with Crippen LogP contribution < -0.4 is 0 Å². The molecule has 1 amide bonds. The van der Waals surface area contributed by atoms with Gasteiger partial charge in [-0.05, 0) is 31.2 Å². The van der Waals surface area contributed by atoms with E-state index in [0.717, 1.165) is 22.3 Å². The maximum absolute atomic E-state index is 12.1. The second kappa shape index (κ2) is 5.60. The molecule has 0 saturated heterocycles. The van der Waals surface area contributed by atoms with Crippen molar-refractivity contribution in [2.45, 2.75) is 6.92 Å². The van der Waals surface area contributed by atoms with Gasteiger partial charge in [-0.25, -0.2) is 4.98 Å². The minimum atomic E-state index is -0.0128. The fourth-order valence-electron chi connectivity index (χ4n) is 2.43. The molecule has 3 rings (SSSR count). The van der Waals surface area contributed by atoms with Crippen molar-refractivity contribution in [2.75, 3.05) is 13.6 Å². The monoisotopic (exact) mass is 294 g/mol. The number of rotatable bonds is 3. The van der Waals surface area contributed by atoms with E-state index in [-0.39, 0.29) is 5.91 Å². The molecule has 0 aliphatic carbocycles. The van der Waals surface area contributed by atoms with Gasteiger partial charge >= 0.3 is 0 Å². The summed E-state index contributed by atoms with van der Waals surface area (Å²) in [5, 5.41) is 1.06. The van der Waals surface area contributed by atoms with Crippen LogP contribution in [0.1, 0.15) is 17.3 Å². The summed E-state index contributed by atoms with van der Waals surface area (Å²) in [5.41, 5.74) is 3.39. The molecule has 112 valence electrons. The summed E-state index contributed by atoms with van der Waals surface area (Å²) < 4.78 is 1.98. The number of hydrogen-bond acceptors (Lipinski definition) is 3. The average Bonchev–Trinajstić information content (AvgIpc) is 2.95. The number of amides is 1. The first-order chi connectivity index (χ1) is 10.6. The van der Waals surface area contributed by atoms with Crippen molar-refractivity contribution in [1.82, 2.24) is 19.4 Å². The molecule has 3 aromatic rings. The quantitative estimate of drug-likeness (QED) is 0.746. The van der Waals surface area contributed by atoms with E-state index in [0.29, 0.717) is 12.1 Å². The van der Waals surface area contributed by atoms with Crippen molar-refractivity contribution in [3.63, 3.8) is 0 Å². The molecule has 0 N–H and O–H groups in total. The fourth-order valence-corrected chi connectivity index (χ4v) is 2.43. The Bertz CT molecular complexity index is 820. The fraction of sp³-hybridized carbons (Fsp3) is 0.235. The lowest BCUT2D eigenvalue weighted by molar-refractivity contribution is 0.0802. The summed E-state index contributed by atoms with van der Waals surface area (Å²) in [4.78, 5) is 22.6. The van der Waals surface area contributed by atoms with Crippen LogP contribution in [0.15, 0.2) is 42.9 Å². The second-order valence-electron chi connectivity index (χ2n) is 5.27. The predicted molar refractivity (Wildman–Crippen MR) is 86.6 cm³/mol. The normalized spacial score (nSPS) is 10.9. The highest BCUT2D eigenvalue weighted by Crippen LogP contribution is 2.26. The molecule has 0 radical (unpaired) electrons. The van der Waals surface area contributed by atoms with E-state index in [1.54, 1.807) is 24.3 Å². The summed E-state index contributed by atoms with van der Waals surface area (Å²) in [6.45, 7) is 2.62. The van der Waals surface area contributed by atoms with E-state index in [9.17, 15) is 4.79 Å². The summed E-state index contributed by atoms with van der Waals surface area (Å²) in [5.74, 6) is -0.0128. The number of carbonyl (C=O) groups excluding carboxylic acids is 1. The van der Waals surface area contributed by atoms with E-state index >= 15 is 0 Å². The summed E-state index contributed by atoms with van der Waals surface area (Å²) >= 11 is 0. The number of fused-ring (bicyclic) bond motifs is 1. The van der Waals surface area contributed by atoms with Gasteiger partial charge in [0.15, 0.2) is 0 Å². The van der Waals surface area contributed by atoms with Crippen molar-refractivity contribution >= 4 is 16.9 Å². The largest absolute Gasteiger partial charge is 0.342 e. The van der Waals surface area contributed by atoms with Crippen LogP contribution in [0.25, 0.3) is 22.3 Å². The number of aryl methyl sites for hydroxylation is 1. The van der Waals surface area contributed by atoms with E-state index in [2.05, 4.69) is 9.97 Å². The van der Waals surface area contributed by atoms with Crippen molar-refractivity contribution < 1.29 is 4.79 Å². The lowest BCUT2D eigenvalue weighted by atomic mass is 10.1. The van der Waals surface area contributed by atoms with Crippen LogP contribution in [-0.2, 0) is 7.05 Å². The summed E-state index contributed by atoms with van der Waals surface area (Å²) in [7, 11) is 3.75. The first kappa shape index (κ1) is 14.3. The standard InChI is InChI=1S/C17H18N4O/c1-4-20(2)17(22)12-5-6-15(19-11-12)13-7-9-18-16-14(13)8-10-21(16)3/h5-11H,4H2,1-3H3. The second-order valence-corrected chi connectivity index (χ2v) is 5.27. The summed E-state index contributed by atoms with van der Waals surface area (Å²) in [6.07, 6.45) is 5.40. The first-order valence-corrected chi connectivity index (χ1v) is 7.23. The van der Waals surface area contributed by atoms with Crippen molar-refractivity contribution in [3.05, 3.63) is 48.4 Å². The van der Waals surface area contributed by atoms with Crippen LogP contribution >= 0.6 is 0 Å². The van der Waals surface area contributed by atoms with Crippen LogP contribution in [0.2, 0.25) is 0 Å². The van der Waals surface area contributed by atoms with Crippen LogP contribution in [0, 0.1) is 0 Å². The molecule has 0 fully saturated rings. The highest BCUT2D eigenvalue weighted by molar-refractivity contribution is 5.95. The molecule has 5 nitrogen and oxygen atoms in total. The third kappa shape index (κ3) is 2.35. The van der Waals surface area contributed by atoms with Gasteiger partial charge in [0, 0.05) is 50.2 Å². The Balaban J connectivity index is 2.00. The van der Waals surface area contributed by atoms with Gasteiger partial charge < -0.3 is 9.47 Å². The highest BCUT2D eigenvalue weighted by atomic mass is 16.2. The van der Waals surface area contributed by atoms with Crippen molar-refractivity contribution in [3.8, 4) is 11.3 Å². The Morgan fingerprint density at radius 1 is 1.23 bits per heavy atom. The SMILES string of the molecule is CCN(C)C(=O)c1ccc(-c2ccnc3c2ccn3C)nc1. The Morgan fingerprint density at radius 2 is 2.05 bits per heavy atom. The molecule has 0 bridgehead atoms. The van der Waals surface area contributed by atoms with Gasteiger partial charge in [-0.15, -0.1) is 0 Å². The Hall–Kier alpha value is -2.69. The zero-order chi connectivity index (χ0) is 15.7. The molecule has 0 aliphatic heterocycles. The molecule has 22 heavy (non-hydrogen) atoms. The maximum Gasteiger partial charge on any atom is 0.255 e. The molecule has 3 heterocycles. The number of pyridine rings is 2. The van der Waals surface area contributed by atoms with Crippen molar-refractivity contribution in [1.29, 1.82) is 0 Å². The van der Waals surface area contributed by atoms with Gasteiger partial charge in [-0.3, -0.25) is 9.78 Å². The van der Waals surface area contributed by atoms with Gasteiger partial charge in [0.05, 0.1) is 11.3 Å². The highest BCUT2D eigenvalue weighted by Gasteiger charge is 2.12. The van der Waals surface area contributed by atoms with Gasteiger partial charge in [0.25, 0.3) is 5.91 Å². The average molecular weight is 294 g/mol. The van der Waals surface area contributed by atoms with Gasteiger partial charge in [0.2, 0.25) is 0 Å². The van der Waals surface area contributed by atoms with Crippen LogP contribution in [0.5, 0.6) is 0 Å². The molecule has 0 aliphatic rings. The number of aromatic nitrogens is 3. The van der Waals surface area contributed by atoms with E-state index in [1.807, 2.05) is 49.0 Å². The molecule has 0 unspecified atom stereocenters. The van der Waals surface area contributed by atoms with Crippen LogP contribution in [0.3, 0.4) is 0 Å². The first-order valence-electron chi connectivity index (χ1n) is 7.23. The van der Waals surface area contributed by atoms with E-state index < -0.39 is 0 Å². The summed E-state index contributed by atoms with van der Waals surface area (Å²) in [6, 6.07) is 7.69. The Morgan fingerprint density at radius 3 is 2.73 bits per heavy atom. The van der Waals surface area contributed by atoms with Crippen LogP contribution in [-0.4, -0.2) is 38.9 Å². The zero-order valence-corrected chi connectivity index (χ0v) is 12.9. The Kier molecular flexibility index (Phi) is 3.63. The zero-order valence-electron chi connectivity index (χ0n) is 12.9. The van der Waals surface area contributed by atoms with Gasteiger partial charge in [-0.2, -0.15) is 0 Å². The smallest absolute Gasteiger partial charge is 0.255 e. The lowest BCUT2D eigenvalue weighted by Gasteiger charge is -2.14. The molecule has 3 aromatic heterocycles. The molecule has 0 aromatic carbocycles. The van der Waals surface area contributed by atoms with E-state index in [4.69, 9.17) is 0 Å². The minimum Gasteiger partial charge on any atom is -0.342 e. The molecular formula is C17H18N4O. The lowest BCUT2D eigenvalue weighted by Crippen LogP contribution is -2.26. The predicted octanol–water partition coefficient (Wildman–Crippen LogP) is 2.73. The van der Waals surface area contributed by atoms with Crippen LogP contribution in [0.4, 0.5) is 0 Å². The third-order valence-corrected chi connectivity index (χ3v) is 3.88. The Labute approximate surface area is 129 Å². The number of carbonyl (C=O) groups is 1. The molecule has 0 atom stereocenters. The molecule has 0 saturated carbocycles.